The average Bonchev–Trinajstić information content (AvgIpc) is 2.53. The first-order chi connectivity index (χ1) is 7.16. The van der Waals surface area contributed by atoms with Crippen LogP contribution in [0.1, 0.15) is 58.8 Å². The number of hydrogen-bond donors (Lipinski definition) is 1. The number of rotatable bonds is 7. The molecule has 0 aromatic carbocycles. The van der Waals surface area contributed by atoms with E-state index in [2.05, 4.69) is 11.9 Å². The fourth-order valence-corrected chi connectivity index (χ4v) is 2.78. The third-order valence-corrected chi connectivity index (χ3v) is 3.92. The Morgan fingerprint density at radius 1 is 1.27 bits per heavy atom. The highest BCUT2D eigenvalue weighted by molar-refractivity contribution is 8.14. The quantitative estimate of drug-likeness (QED) is 0.677. The van der Waals surface area contributed by atoms with E-state index < -0.39 is 5.72 Å². The third-order valence-electron chi connectivity index (χ3n) is 2.81. The average molecular weight is 229 g/mol. The fraction of sp³-hybridized carbons (Fsp3) is 0.917. The van der Waals surface area contributed by atoms with Crippen molar-refractivity contribution >= 4 is 16.8 Å². The van der Waals surface area contributed by atoms with Gasteiger partial charge in [-0.15, -0.1) is 11.8 Å². The van der Waals surface area contributed by atoms with Gasteiger partial charge in [-0.25, -0.2) is 4.99 Å². The van der Waals surface area contributed by atoms with Gasteiger partial charge in [0, 0.05) is 5.75 Å². The lowest BCUT2D eigenvalue weighted by molar-refractivity contribution is 0.0654. The van der Waals surface area contributed by atoms with E-state index in [9.17, 15) is 5.11 Å². The monoisotopic (exact) mass is 229 g/mol. The Hall–Kier alpha value is -0.0200. The SMILES string of the molecule is CCCCCCCCC1(O)CSC(C)=N1. The Labute approximate surface area is 97.6 Å². The van der Waals surface area contributed by atoms with Gasteiger partial charge in [0.25, 0.3) is 0 Å². The first-order valence-corrected chi connectivity index (χ1v) is 7.06. The lowest BCUT2D eigenvalue weighted by Crippen LogP contribution is -2.25. The first kappa shape index (κ1) is 13.0. The zero-order valence-corrected chi connectivity index (χ0v) is 10.8. The Kier molecular flexibility index (Phi) is 5.69. The minimum absolute atomic E-state index is 0.737. The summed E-state index contributed by atoms with van der Waals surface area (Å²) in [7, 11) is 0. The van der Waals surface area contributed by atoms with Crippen LogP contribution >= 0.6 is 11.8 Å². The molecule has 1 aliphatic rings. The van der Waals surface area contributed by atoms with E-state index in [0.717, 1.165) is 23.6 Å². The zero-order chi connectivity index (χ0) is 11.1. The molecule has 1 unspecified atom stereocenters. The molecule has 1 atom stereocenters. The predicted octanol–water partition coefficient (Wildman–Crippen LogP) is 3.59. The van der Waals surface area contributed by atoms with Crippen LogP contribution in [0.15, 0.2) is 4.99 Å². The van der Waals surface area contributed by atoms with E-state index in [1.54, 1.807) is 11.8 Å². The predicted molar refractivity (Wildman–Crippen MR) is 68.5 cm³/mol. The molecule has 1 rings (SSSR count). The van der Waals surface area contributed by atoms with Gasteiger partial charge in [0.1, 0.15) is 0 Å². The minimum atomic E-state index is -0.737. The van der Waals surface area contributed by atoms with E-state index in [4.69, 9.17) is 0 Å². The molecule has 0 fully saturated rings. The molecule has 0 aliphatic carbocycles. The number of aliphatic imine (C=N–C) groups is 1. The molecular weight excluding hydrogens is 206 g/mol. The first-order valence-electron chi connectivity index (χ1n) is 6.08. The van der Waals surface area contributed by atoms with Crippen molar-refractivity contribution in [1.82, 2.24) is 0 Å². The van der Waals surface area contributed by atoms with Crippen molar-refractivity contribution in [2.24, 2.45) is 4.99 Å². The maximum absolute atomic E-state index is 10.1. The molecule has 0 amide bonds. The second-order valence-electron chi connectivity index (χ2n) is 4.42. The van der Waals surface area contributed by atoms with Crippen LogP contribution in [0.3, 0.4) is 0 Å². The lowest BCUT2D eigenvalue weighted by Gasteiger charge is -2.17. The Bertz CT molecular complexity index is 218. The maximum Gasteiger partial charge on any atom is 0.166 e. The summed E-state index contributed by atoms with van der Waals surface area (Å²) in [6, 6.07) is 0. The molecule has 88 valence electrons. The van der Waals surface area contributed by atoms with E-state index in [1.165, 1.54) is 32.1 Å². The zero-order valence-electron chi connectivity index (χ0n) is 9.96. The molecule has 1 heterocycles. The molecule has 0 aromatic heterocycles. The van der Waals surface area contributed by atoms with Crippen LogP contribution in [0, 0.1) is 0 Å². The van der Waals surface area contributed by atoms with Crippen molar-refractivity contribution in [2.45, 2.75) is 64.5 Å². The summed E-state index contributed by atoms with van der Waals surface area (Å²) in [5.41, 5.74) is -0.737. The molecule has 1 N–H and O–H groups in total. The van der Waals surface area contributed by atoms with Crippen LogP contribution in [-0.2, 0) is 0 Å². The van der Waals surface area contributed by atoms with Gasteiger partial charge in [-0.05, 0) is 19.8 Å². The molecular formula is C12H23NOS. The summed E-state index contributed by atoms with van der Waals surface area (Å²) in [5.74, 6) is 0.758. The van der Waals surface area contributed by atoms with Crippen LogP contribution in [0.4, 0.5) is 0 Å². The summed E-state index contributed by atoms with van der Waals surface area (Å²) in [6.07, 6.45) is 8.47. The molecule has 0 saturated carbocycles. The minimum Gasteiger partial charge on any atom is -0.368 e. The van der Waals surface area contributed by atoms with Crippen LogP contribution < -0.4 is 0 Å². The number of unbranched alkanes of at least 4 members (excludes halogenated alkanes) is 5. The molecule has 15 heavy (non-hydrogen) atoms. The van der Waals surface area contributed by atoms with Crippen molar-refractivity contribution < 1.29 is 5.11 Å². The molecule has 0 saturated heterocycles. The van der Waals surface area contributed by atoms with Crippen molar-refractivity contribution in [1.29, 1.82) is 0 Å². The van der Waals surface area contributed by atoms with Crippen molar-refractivity contribution in [2.75, 3.05) is 5.75 Å². The van der Waals surface area contributed by atoms with Gasteiger partial charge in [-0.1, -0.05) is 39.0 Å². The summed E-state index contributed by atoms with van der Waals surface area (Å²) < 4.78 is 0. The van der Waals surface area contributed by atoms with E-state index in [1.807, 2.05) is 6.92 Å². The maximum atomic E-state index is 10.1. The van der Waals surface area contributed by atoms with Crippen LogP contribution in [0.25, 0.3) is 0 Å². The van der Waals surface area contributed by atoms with Gasteiger partial charge in [0.05, 0.1) is 5.04 Å². The molecule has 0 spiro atoms. The largest absolute Gasteiger partial charge is 0.368 e. The van der Waals surface area contributed by atoms with Gasteiger partial charge in [0.15, 0.2) is 5.72 Å². The summed E-state index contributed by atoms with van der Waals surface area (Å²) in [4.78, 5) is 4.29. The van der Waals surface area contributed by atoms with Crippen LogP contribution in [0.5, 0.6) is 0 Å². The van der Waals surface area contributed by atoms with Crippen molar-refractivity contribution in [3.8, 4) is 0 Å². The second kappa shape index (κ2) is 6.54. The summed E-state index contributed by atoms with van der Waals surface area (Å²) in [6.45, 7) is 4.21. The highest BCUT2D eigenvalue weighted by Gasteiger charge is 2.30. The Morgan fingerprint density at radius 2 is 1.93 bits per heavy atom. The number of nitrogens with zero attached hydrogens (tertiary/aromatic N) is 1. The second-order valence-corrected chi connectivity index (χ2v) is 5.59. The van der Waals surface area contributed by atoms with Crippen LogP contribution in [0.2, 0.25) is 0 Å². The standard InChI is InChI=1S/C12H23NOS/c1-3-4-5-6-7-8-9-12(14)10-15-11(2)13-12/h14H,3-10H2,1-2H3. The number of hydrogen-bond acceptors (Lipinski definition) is 3. The Morgan fingerprint density at radius 3 is 2.53 bits per heavy atom. The molecule has 0 bridgehead atoms. The lowest BCUT2D eigenvalue weighted by atomic mass is 10.0. The summed E-state index contributed by atoms with van der Waals surface area (Å²) >= 11 is 1.68. The number of aliphatic hydroxyl groups is 1. The highest BCUT2D eigenvalue weighted by Crippen LogP contribution is 2.30. The third kappa shape index (κ3) is 5.03. The topological polar surface area (TPSA) is 32.6 Å². The Balaban J connectivity index is 2.05. The van der Waals surface area contributed by atoms with Gasteiger partial charge >= 0.3 is 0 Å². The molecule has 1 aliphatic heterocycles. The van der Waals surface area contributed by atoms with E-state index in [-0.39, 0.29) is 0 Å². The molecule has 2 nitrogen and oxygen atoms in total. The molecule has 0 radical (unpaired) electrons. The van der Waals surface area contributed by atoms with Gasteiger partial charge in [0.2, 0.25) is 0 Å². The fourth-order valence-electron chi connectivity index (χ4n) is 1.89. The highest BCUT2D eigenvalue weighted by atomic mass is 32.2. The van der Waals surface area contributed by atoms with Gasteiger partial charge in [-0.3, -0.25) is 0 Å². The van der Waals surface area contributed by atoms with Crippen molar-refractivity contribution in [3.63, 3.8) is 0 Å². The molecule has 3 heteroatoms. The van der Waals surface area contributed by atoms with Gasteiger partial charge < -0.3 is 5.11 Å². The van der Waals surface area contributed by atoms with E-state index >= 15 is 0 Å². The normalized spacial score (nSPS) is 25.7. The van der Waals surface area contributed by atoms with Crippen molar-refractivity contribution in [3.05, 3.63) is 0 Å². The van der Waals surface area contributed by atoms with E-state index in [0.29, 0.717) is 0 Å². The van der Waals surface area contributed by atoms with Gasteiger partial charge in [-0.2, -0.15) is 0 Å². The smallest absolute Gasteiger partial charge is 0.166 e. The summed E-state index contributed by atoms with van der Waals surface area (Å²) in [5, 5.41) is 11.1. The number of thioether (sulfide) groups is 1. The molecule has 0 aromatic rings. The van der Waals surface area contributed by atoms with Crippen LogP contribution in [-0.4, -0.2) is 21.6 Å².